The largest absolute Gasteiger partial charge is 0.355 e. The van der Waals surface area contributed by atoms with Crippen LogP contribution in [-0.2, 0) is 0 Å². The zero-order valence-electron chi connectivity index (χ0n) is 18.4. The van der Waals surface area contributed by atoms with Crippen LogP contribution in [0, 0.1) is 6.92 Å². The van der Waals surface area contributed by atoms with Crippen molar-refractivity contribution in [3.63, 3.8) is 0 Å². The Balaban J connectivity index is 1.48. The number of hydrogen-bond acceptors (Lipinski definition) is 5. The molecule has 1 saturated heterocycles. The summed E-state index contributed by atoms with van der Waals surface area (Å²) in [7, 11) is 4.26. The highest BCUT2D eigenvalue weighted by Crippen LogP contribution is 2.33. The van der Waals surface area contributed by atoms with E-state index in [1.165, 1.54) is 11.3 Å². The Hall–Kier alpha value is -2.67. The summed E-state index contributed by atoms with van der Waals surface area (Å²) in [6.45, 7) is 4.06. The lowest BCUT2D eigenvalue weighted by Gasteiger charge is -2.22. The maximum absolute atomic E-state index is 13.3. The first-order valence-corrected chi connectivity index (χ1v) is 11.9. The third kappa shape index (κ3) is 3.83. The van der Waals surface area contributed by atoms with Gasteiger partial charge in [-0.1, -0.05) is 23.7 Å². The molecule has 32 heavy (non-hydrogen) atoms. The highest BCUT2D eigenvalue weighted by atomic mass is 35.5. The first-order valence-electron chi connectivity index (χ1n) is 10.7. The quantitative estimate of drug-likeness (QED) is 0.415. The summed E-state index contributed by atoms with van der Waals surface area (Å²) in [6, 6.07) is 14.4. The predicted molar refractivity (Wildman–Crippen MR) is 135 cm³/mol. The highest BCUT2D eigenvalue weighted by molar-refractivity contribution is 7.22. The molecule has 0 aliphatic carbocycles. The topological polar surface area (TPSA) is 41.4 Å². The van der Waals surface area contributed by atoms with E-state index in [0.717, 1.165) is 57.1 Å². The molecule has 0 bridgehead atoms. The van der Waals surface area contributed by atoms with E-state index in [1.807, 2.05) is 42.7 Å². The van der Waals surface area contributed by atoms with Crippen molar-refractivity contribution in [2.24, 2.45) is 0 Å². The number of pyridine rings is 2. The summed E-state index contributed by atoms with van der Waals surface area (Å²) < 4.78 is 2.44. The fraction of sp³-hybridized carbons (Fsp3) is 0.280. The van der Waals surface area contributed by atoms with Gasteiger partial charge in [0.2, 0.25) is 0 Å². The summed E-state index contributed by atoms with van der Waals surface area (Å²) in [6.07, 6.45) is 4.80. The summed E-state index contributed by atoms with van der Waals surface area (Å²) in [5, 5.41) is 1.66. The van der Waals surface area contributed by atoms with Gasteiger partial charge in [0.05, 0.1) is 11.9 Å². The number of rotatable bonds is 4. The van der Waals surface area contributed by atoms with Gasteiger partial charge in [-0.2, -0.15) is 0 Å². The molecule has 164 valence electrons. The van der Waals surface area contributed by atoms with Crippen molar-refractivity contribution < 1.29 is 0 Å². The van der Waals surface area contributed by atoms with Crippen LogP contribution in [-0.4, -0.2) is 47.7 Å². The van der Waals surface area contributed by atoms with Gasteiger partial charge in [-0.15, -0.1) is 11.3 Å². The number of halogens is 1. The number of thiophene rings is 1. The van der Waals surface area contributed by atoms with E-state index < -0.39 is 0 Å². The average molecular weight is 465 g/mol. The zero-order valence-corrected chi connectivity index (χ0v) is 20.0. The van der Waals surface area contributed by atoms with Crippen LogP contribution in [0.4, 0.5) is 5.82 Å². The normalized spacial score (nSPS) is 16.4. The fourth-order valence-corrected chi connectivity index (χ4v) is 5.58. The lowest BCUT2D eigenvalue weighted by Crippen LogP contribution is -2.32. The van der Waals surface area contributed by atoms with Gasteiger partial charge < -0.3 is 9.80 Å². The summed E-state index contributed by atoms with van der Waals surface area (Å²) in [5.41, 5.74) is 2.92. The van der Waals surface area contributed by atoms with Crippen LogP contribution in [0.3, 0.4) is 0 Å². The Morgan fingerprint density at radius 1 is 1.16 bits per heavy atom. The molecule has 1 aromatic carbocycles. The third-order valence-electron chi connectivity index (χ3n) is 6.21. The van der Waals surface area contributed by atoms with E-state index >= 15 is 0 Å². The first kappa shape index (κ1) is 21.2. The molecule has 0 saturated carbocycles. The monoisotopic (exact) mass is 464 g/mol. The Kier molecular flexibility index (Phi) is 5.53. The van der Waals surface area contributed by atoms with Crippen LogP contribution in [0.1, 0.15) is 12.0 Å². The molecule has 1 atom stereocenters. The summed E-state index contributed by atoms with van der Waals surface area (Å²) >= 11 is 7.53. The van der Waals surface area contributed by atoms with Crippen molar-refractivity contribution in [1.82, 2.24) is 14.5 Å². The van der Waals surface area contributed by atoms with Crippen molar-refractivity contribution in [3.05, 3.63) is 75.8 Å². The van der Waals surface area contributed by atoms with Gasteiger partial charge >= 0.3 is 0 Å². The predicted octanol–water partition coefficient (Wildman–Crippen LogP) is 5.22. The number of aryl methyl sites for hydroxylation is 1. The zero-order chi connectivity index (χ0) is 22.4. The molecule has 0 amide bonds. The second-order valence-electron chi connectivity index (χ2n) is 8.58. The molecular weight excluding hydrogens is 440 g/mol. The van der Waals surface area contributed by atoms with E-state index in [9.17, 15) is 4.79 Å². The molecule has 5 rings (SSSR count). The molecule has 4 heterocycles. The van der Waals surface area contributed by atoms with Gasteiger partial charge in [-0.3, -0.25) is 9.36 Å². The number of likely N-dealkylation sites (N-methyl/N-ethyl adjacent to an activating group) is 1. The minimum Gasteiger partial charge on any atom is -0.355 e. The molecule has 1 aliphatic rings. The lowest BCUT2D eigenvalue weighted by atomic mass is 10.2. The van der Waals surface area contributed by atoms with Gasteiger partial charge in [0.15, 0.2) is 0 Å². The molecular formula is C25H25ClN4OS. The number of hydrogen-bond donors (Lipinski definition) is 0. The molecule has 1 aliphatic heterocycles. The van der Waals surface area contributed by atoms with Gasteiger partial charge in [-0.05, 0) is 68.9 Å². The third-order valence-corrected chi connectivity index (χ3v) is 7.65. The van der Waals surface area contributed by atoms with Gasteiger partial charge in [-0.25, -0.2) is 4.98 Å². The Labute approximate surface area is 196 Å². The average Bonchev–Trinajstić information content (AvgIpc) is 3.42. The van der Waals surface area contributed by atoms with Crippen molar-refractivity contribution in [2.45, 2.75) is 19.4 Å². The second-order valence-corrected chi connectivity index (χ2v) is 10.1. The van der Waals surface area contributed by atoms with E-state index in [4.69, 9.17) is 16.6 Å². The minimum absolute atomic E-state index is 0.0180. The van der Waals surface area contributed by atoms with E-state index in [-0.39, 0.29) is 5.56 Å². The minimum atomic E-state index is -0.0180. The van der Waals surface area contributed by atoms with E-state index in [2.05, 4.69) is 43.0 Å². The molecule has 4 aromatic rings. The van der Waals surface area contributed by atoms with Gasteiger partial charge in [0.25, 0.3) is 5.56 Å². The van der Waals surface area contributed by atoms with Gasteiger partial charge in [0.1, 0.15) is 10.5 Å². The maximum atomic E-state index is 13.3. The van der Waals surface area contributed by atoms with Crippen molar-refractivity contribution >= 4 is 38.8 Å². The molecule has 3 aromatic heterocycles. The SMILES string of the molecule is Cc1cc(-n2ccc3cc(-c4ccc(Cl)cc4)sc3c2=O)cnc1N1CCC(N(C)C)C1. The van der Waals surface area contributed by atoms with Crippen LogP contribution in [0.15, 0.2) is 59.7 Å². The van der Waals surface area contributed by atoms with Crippen LogP contribution < -0.4 is 10.5 Å². The van der Waals surface area contributed by atoms with Crippen LogP contribution in [0.25, 0.3) is 26.2 Å². The first-order chi connectivity index (χ1) is 15.4. The Morgan fingerprint density at radius 3 is 2.62 bits per heavy atom. The van der Waals surface area contributed by atoms with Crippen LogP contribution >= 0.6 is 22.9 Å². The molecule has 1 fully saturated rings. The second kappa shape index (κ2) is 8.35. The number of fused-ring (bicyclic) bond motifs is 1. The molecule has 0 spiro atoms. The number of anilines is 1. The Morgan fingerprint density at radius 2 is 1.94 bits per heavy atom. The number of benzene rings is 1. The Bertz CT molecular complexity index is 1340. The standard InChI is InChI=1S/C25H25ClN4OS/c1-16-12-21(14-27-24(16)29-10-9-20(15-29)28(2)3)30-11-8-18-13-22(32-23(18)25(30)31)17-4-6-19(26)7-5-17/h4-8,11-14,20H,9-10,15H2,1-3H3. The van der Waals surface area contributed by atoms with Gasteiger partial charge in [0, 0.05) is 40.6 Å². The molecule has 7 heteroatoms. The van der Waals surface area contributed by atoms with Crippen LogP contribution in [0.2, 0.25) is 5.02 Å². The van der Waals surface area contributed by atoms with E-state index in [0.29, 0.717) is 11.1 Å². The molecule has 0 N–H and O–H groups in total. The van der Waals surface area contributed by atoms with Crippen molar-refractivity contribution in [2.75, 3.05) is 32.1 Å². The molecule has 1 unspecified atom stereocenters. The summed E-state index contributed by atoms with van der Waals surface area (Å²) in [5.74, 6) is 1.01. The smallest absolute Gasteiger partial charge is 0.273 e. The lowest BCUT2D eigenvalue weighted by molar-refractivity contribution is 0.315. The number of aromatic nitrogens is 2. The van der Waals surface area contributed by atoms with Crippen molar-refractivity contribution in [1.29, 1.82) is 0 Å². The van der Waals surface area contributed by atoms with Crippen LogP contribution in [0.5, 0.6) is 0 Å². The molecule has 5 nitrogen and oxygen atoms in total. The summed E-state index contributed by atoms with van der Waals surface area (Å²) in [4.78, 5) is 23.7. The number of nitrogens with zero attached hydrogens (tertiary/aromatic N) is 4. The fourth-order valence-electron chi connectivity index (χ4n) is 4.36. The molecule has 0 radical (unpaired) electrons. The highest BCUT2D eigenvalue weighted by Gasteiger charge is 2.26. The van der Waals surface area contributed by atoms with E-state index in [1.54, 1.807) is 4.57 Å². The maximum Gasteiger partial charge on any atom is 0.273 e. The van der Waals surface area contributed by atoms with Crippen molar-refractivity contribution in [3.8, 4) is 16.1 Å².